The molecule has 1 aromatic rings. The predicted molar refractivity (Wildman–Crippen MR) is 83.8 cm³/mol. The molecule has 2 aliphatic rings. The monoisotopic (exact) mass is 332 g/mol. The molecule has 8 heteroatoms. The molecule has 24 heavy (non-hydrogen) atoms. The van der Waals surface area contributed by atoms with Crippen molar-refractivity contribution in [3.05, 3.63) is 29.6 Å². The molecule has 2 aliphatic heterocycles. The lowest BCUT2D eigenvalue weighted by atomic mass is 9.87. The molecule has 0 spiro atoms. The van der Waals surface area contributed by atoms with Gasteiger partial charge >= 0.3 is 6.03 Å². The fourth-order valence-corrected chi connectivity index (χ4v) is 2.98. The molecule has 3 heterocycles. The molecule has 0 aliphatic carbocycles. The zero-order valence-corrected chi connectivity index (χ0v) is 13.5. The van der Waals surface area contributed by atoms with Gasteiger partial charge in [0.1, 0.15) is 12.1 Å². The van der Waals surface area contributed by atoms with Crippen molar-refractivity contribution in [2.24, 2.45) is 0 Å². The highest BCUT2D eigenvalue weighted by Crippen LogP contribution is 2.31. The quantitative estimate of drug-likeness (QED) is 0.743. The van der Waals surface area contributed by atoms with Crippen molar-refractivity contribution in [2.45, 2.75) is 25.4 Å². The molecule has 4 amide bonds. The maximum atomic E-state index is 12.3. The Labute approximate surface area is 139 Å². The lowest BCUT2D eigenvalue weighted by Crippen LogP contribution is -2.49. The first kappa shape index (κ1) is 16.4. The molecular weight excluding hydrogens is 312 g/mol. The van der Waals surface area contributed by atoms with Gasteiger partial charge < -0.3 is 15.3 Å². The van der Waals surface area contributed by atoms with Gasteiger partial charge in [-0.15, -0.1) is 0 Å². The average molecular weight is 332 g/mol. The van der Waals surface area contributed by atoms with Gasteiger partial charge in [-0.1, -0.05) is 6.07 Å². The summed E-state index contributed by atoms with van der Waals surface area (Å²) in [6.45, 7) is 2.32. The van der Waals surface area contributed by atoms with Crippen molar-refractivity contribution in [1.29, 1.82) is 0 Å². The Balaban J connectivity index is 1.60. The van der Waals surface area contributed by atoms with E-state index >= 15 is 0 Å². The van der Waals surface area contributed by atoms with Gasteiger partial charge in [0.2, 0.25) is 5.91 Å². The van der Waals surface area contributed by atoms with Crippen LogP contribution >= 0.6 is 0 Å². The number of nitrogens with zero attached hydrogens (tertiary/aromatic N) is 3. The van der Waals surface area contributed by atoms with Crippen LogP contribution in [0.1, 0.15) is 24.1 Å². The summed E-state index contributed by atoms with van der Waals surface area (Å²) in [4.78, 5) is 42.1. The highest BCUT2D eigenvalue weighted by molar-refractivity contribution is 6.04. The Hall–Kier alpha value is -2.48. The molecule has 0 radical (unpaired) electrons. The van der Waals surface area contributed by atoms with Crippen LogP contribution in [0.3, 0.4) is 0 Å². The van der Waals surface area contributed by atoms with E-state index in [2.05, 4.69) is 10.3 Å². The van der Waals surface area contributed by atoms with Crippen molar-refractivity contribution in [2.75, 3.05) is 26.2 Å². The summed E-state index contributed by atoms with van der Waals surface area (Å²) in [5.41, 5.74) is 0.573. The largest absolute Gasteiger partial charge is 0.383 e. The van der Waals surface area contributed by atoms with Crippen molar-refractivity contribution >= 4 is 17.8 Å². The van der Waals surface area contributed by atoms with Crippen LogP contribution in [0.25, 0.3) is 0 Å². The first-order valence-electron chi connectivity index (χ1n) is 7.90. The lowest BCUT2D eigenvalue weighted by Gasteiger charge is -2.38. The van der Waals surface area contributed by atoms with Crippen molar-refractivity contribution in [1.82, 2.24) is 20.1 Å². The Kier molecular flexibility index (Phi) is 4.23. The molecule has 8 nitrogen and oxygen atoms in total. The normalized spacial score (nSPS) is 20.2. The number of piperidine rings is 1. The fourth-order valence-electron chi connectivity index (χ4n) is 2.98. The van der Waals surface area contributed by atoms with Crippen LogP contribution in [0.4, 0.5) is 4.79 Å². The number of imide groups is 1. The molecule has 3 rings (SSSR count). The van der Waals surface area contributed by atoms with Crippen LogP contribution in [0, 0.1) is 6.92 Å². The number of urea groups is 1. The van der Waals surface area contributed by atoms with Crippen molar-refractivity contribution in [3.8, 4) is 0 Å². The number of hydrogen-bond acceptors (Lipinski definition) is 5. The third kappa shape index (κ3) is 3.09. The second-order valence-corrected chi connectivity index (χ2v) is 6.27. The number of aliphatic hydroxyl groups is 1. The van der Waals surface area contributed by atoms with E-state index in [0.29, 0.717) is 31.6 Å². The van der Waals surface area contributed by atoms with Gasteiger partial charge in [0.25, 0.3) is 5.91 Å². The smallest absolute Gasteiger partial charge is 0.325 e. The van der Waals surface area contributed by atoms with E-state index in [1.807, 2.05) is 13.0 Å². The fraction of sp³-hybridized carbons (Fsp3) is 0.500. The van der Waals surface area contributed by atoms with Crippen molar-refractivity contribution < 1.29 is 19.5 Å². The second kappa shape index (κ2) is 6.20. The van der Waals surface area contributed by atoms with Gasteiger partial charge in [-0.3, -0.25) is 19.5 Å². The van der Waals surface area contributed by atoms with Crippen LogP contribution in [0.5, 0.6) is 0 Å². The van der Waals surface area contributed by atoms with E-state index < -0.39 is 17.5 Å². The molecule has 0 aromatic carbocycles. The number of hydrogen-bond donors (Lipinski definition) is 2. The molecule has 128 valence electrons. The van der Waals surface area contributed by atoms with E-state index in [-0.39, 0.29) is 19.0 Å². The Bertz CT molecular complexity index is 649. The molecule has 2 fully saturated rings. The second-order valence-electron chi connectivity index (χ2n) is 6.27. The van der Waals surface area contributed by atoms with E-state index in [0.717, 1.165) is 10.5 Å². The number of likely N-dealkylation sites (tertiary alicyclic amines) is 1. The summed E-state index contributed by atoms with van der Waals surface area (Å²) in [6, 6.07) is 3.17. The van der Waals surface area contributed by atoms with E-state index in [1.165, 1.54) is 0 Å². The number of amides is 4. The van der Waals surface area contributed by atoms with E-state index in [1.54, 1.807) is 17.2 Å². The summed E-state index contributed by atoms with van der Waals surface area (Å²) < 4.78 is 0. The molecule has 0 atom stereocenters. The van der Waals surface area contributed by atoms with Crippen LogP contribution < -0.4 is 5.32 Å². The number of carbonyl (C=O) groups is 3. The maximum Gasteiger partial charge on any atom is 0.325 e. The highest BCUT2D eigenvalue weighted by Gasteiger charge is 2.38. The number of pyridine rings is 1. The van der Waals surface area contributed by atoms with E-state index in [9.17, 15) is 19.5 Å². The predicted octanol–water partition coefficient (Wildman–Crippen LogP) is -0.248. The highest BCUT2D eigenvalue weighted by atomic mass is 16.3. The zero-order chi connectivity index (χ0) is 17.3. The minimum Gasteiger partial charge on any atom is -0.383 e. The van der Waals surface area contributed by atoms with E-state index in [4.69, 9.17) is 0 Å². The number of rotatable bonds is 3. The third-order valence-corrected chi connectivity index (χ3v) is 4.56. The van der Waals surface area contributed by atoms with Crippen LogP contribution in [0.15, 0.2) is 18.3 Å². The summed E-state index contributed by atoms with van der Waals surface area (Å²) in [7, 11) is 0. The summed E-state index contributed by atoms with van der Waals surface area (Å²) in [5, 5.41) is 13.2. The zero-order valence-electron chi connectivity index (χ0n) is 13.5. The molecule has 0 unspecified atom stereocenters. The van der Waals surface area contributed by atoms with Crippen LogP contribution in [-0.4, -0.2) is 63.9 Å². The molecule has 0 saturated carbocycles. The Morgan fingerprint density at radius 1 is 1.33 bits per heavy atom. The molecular formula is C16H20N4O4. The minimum atomic E-state index is -1.05. The number of carbonyl (C=O) groups excluding carboxylic acids is 3. The number of nitrogens with one attached hydrogen (secondary N) is 1. The van der Waals surface area contributed by atoms with Gasteiger partial charge in [0.15, 0.2) is 0 Å². The van der Waals surface area contributed by atoms with Crippen molar-refractivity contribution in [3.63, 3.8) is 0 Å². The van der Waals surface area contributed by atoms with Crippen LogP contribution in [-0.2, 0) is 15.2 Å². The summed E-state index contributed by atoms with van der Waals surface area (Å²) in [5.74, 6) is -0.690. The molecule has 2 N–H and O–H groups in total. The van der Waals surface area contributed by atoms with Gasteiger partial charge in [-0.05, 0) is 31.4 Å². The Morgan fingerprint density at radius 2 is 2.04 bits per heavy atom. The molecule has 2 saturated heterocycles. The maximum absolute atomic E-state index is 12.3. The minimum absolute atomic E-state index is 0.0645. The average Bonchev–Trinajstić information content (AvgIpc) is 2.88. The molecule has 1 aromatic heterocycles. The van der Waals surface area contributed by atoms with Gasteiger partial charge in [-0.25, -0.2) is 4.79 Å². The number of aryl methyl sites for hydroxylation is 1. The van der Waals surface area contributed by atoms with Gasteiger partial charge in [0.05, 0.1) is 12.2 Å². The van der Waals surface area contributed by atoms with Gasteiger partial charge in [-0.2, -0.15) is 0 Å². The first-order valence-corrected chi connectivity index (χ1v) is 7.90. The van der Waals surface area contributed by atoms with Gasteiger partial charge in [0, 0.05) is 19.3 Å². The lowest BCUT2D eigenvalue weighted by molar-refractivity contribution is -0.140. The summed E-state index contributed by atoms with van der Waals surface area (Å²) in [6.07, 6.45) is 2.45. The van der Waals surface area contributed by atoms with Crippen LogP contribution in [0.2, 0.25) is 0 Å². The summed E-state index contributed by atoms with van der Waals surface area (Å²) >= 11 is 0. The first-order chi connectivity index (χ1) is 11.4. The number of aromatic nitrogens is 1. The standard InChI is InChI=1S/C16H20N4O4/c1-11-2-3-12(17-8-11)16(24)4-6-19(7-5-16)14(22)10-20-13(21)9-18-15(20)23/h2-3,8,24H,4-7,9-10H2,1H3,(H,18,23). The SMILES string of the molecule is Cc1ccc(C2(O)CCN(C(=O)CN3C(=O)CNC3=O)CC2)nc1. The topological polar surface area (TPSA) is 103 Å². The third-order valence-electron chi connectivity index (χ3n) is 4.56. The Morgan fingerprint density at radius 3 is 2.58 bits per heavy atom. The molecule has 0 bridgehead atoms.